The molecule has 0 aliphatic rings. The van der Waals surface area contributed by atoms with E-state index in [0.717, 1.165) is 11.3 Å². The summed E-state index contributed by atoms with van der Waals surface area (Å²) in [6, 6.07) is 2.06. The zero-order valence-electron chi connectivity index (χ0n) is 11.5. The quantitative estimate of drug-likeness (QED) is 0.854. The molecule has 2 rings (SSSR count). The smallest absolute Gasteiger partial charge is 0.273 e. The molecule has 2 heterocycles. The number of thiophene rings is 1. The molecule has 0 unspecified atom stereocenters. The summed E-state index contributed by atoms with van der Waals surface area (Å²) in [6.45, 7) is 6.60. The molecule has 0 bridgehead atoms. The van der Waals surface area contributed by atoms with Crippen molar-refractivity contribution in [3.8, 4) is 0 Å². The van der Waals surface area contributed by atoms with Crippen LogP contribution in [0.4, 0.5) is 5.13 Å². The Balaban J connectivity index is 2.09. The summed E-state index contributed by atoms with van der Waals surface area (Å²) < 4.78 is 27.2. The first-order chi connectivity index (χ1) is 9.37. The van der Waals surface area contributed by atoms with Gasteiger partial charge in [0, 0.05) is 18.0 Å². The normalized spacial score (nSPS) is 12.0. The maximum Gasteiger partial charge on any atom is 0.273 e. The van der Waals surface area contributed by atoms with Crippen LogP contribution in [0.2, 0.25) is 0 Å². The van der Waals surface area contributed by atoms with Crippen molar-refractivity contribution >= 4 is 37.8 Å². The van der Waals surface area contributed by atoms with Gasteiger partial charge in [0.2, 0.25) is 0 Å². The maximum atomic E-state index is 12.2. The molecule has 0 radical (unpaired) electrons. The summed E-state index contributed by atoms with van der Waals surface area (Å²) >= 11 is 2.50. The van der Waals surface area contributed by atoms with E-state index < -0.39 is 10.0 Å². The SMILES string of the molecule is Cc1csc(NS(=O)(=O)c2cc(CNC(C)C)cs2)n1. The number of aryl methyl sites for hydroxylation is 1. The van der Waals surface area contributed by atoms with Gasteiger partial charge in [0.25, 0.3) is 10.0 Å². The van der Waals surface area contributed by atoms with Crippen LogP contribution in [0.3, 0.4) is 0 Å². The van der Waals surface area contributed by atoms with Gasteiger partial charge in [-0.05, 0) is 23.9 Å². The Bertz CT molecular complexity index is 674. The molecule has 20 heavy (non-hydrogen) atoms. The lowest BCUT2D eigenvalue weighted by Gasteiger charge is -2.05. The molecule has 8 heteroatoms. The van der Waals surface area contributed by atoms with E-state index >= 15 is 0 Å². The van der Waals surface area contributed by atoms with Crippen LogP contribution in [0.5, 0.6) is 0 Å². The first-order valence-electron chi connectivity index (χ1n) is 6.12. The van der Waals surface area contributed by atoms with Crippen LogP contribution in [-0.4, -0.2) is 19.4 Å². The highest BCUT2D eigenvalue weighted by Gasteiger charge is 2.18. The number of nitrogens with one attached hydrogen (secondary N) is 2. The summed E-state index contributed by atoms with van der Waals surface area (Å²) in [5.74, 6) is 0. The third kappa shape index (κ3) is 4.02. The lowest BCUT2D eigenvalue weighted by molar-refractivity contribution is 0.589. The second kappa shape index (κ2) is 6.21. The molecule has 0 saturated carbocycles. The Morgan fingerprint density at radius 1 is 1.30 bits per heavy atom. The van der Waals surface area contributed by atoms with Crippen LogP contribution in [0, 0.1) is 6.92 Å². The summed E-state index contributed by atoms with van der Waals surface area (Å²) in [6.07, 6.45) is 0. The highest BCUT2D eigenvalue weighted by molar-refractivity contribution is 7.94. The highest BCUT2D eigenvalue weighted by Crippen LogP contribution is 2.24. The zero-order valence-corrected chi connectivity index (χ0v) is 14.0. The molecular formula is C12H17N3O2S3. The standard InChI is InChI=1S/C12H17N3O2S3/c1-8(2)13-5-10-4-11(18-7-10)20(16,17)15-12-14-9(3)6-19-12/h4,6-8,13H,5H2,1-3H3,(H,14,15). The van der Waals surface area contributed by atoms with E-state index in [4.69, 9.17) is 0 Å². The average Bonchev–Trinajstić information content (AvgIpc) is 2.95. The zero-order chi connectivity index (χ0) is 14.8. The predicted octanol–water partition coefficient (Wildman–Crippen LogP) is 2.81. The summed E-state index contributed by atoms with van der Waals surface area (Å²) in [5.41, 5.74) is 1.78. The summed E-state index contributed by atoms with van der Waals surface area (Å²) in [4.78, 5) is 4.11. The molecule has 2 N–H and O–H groups in total. The minimum absolute atomic E-state index is 0.311. The second-order valence-electron chi connectivity index (χ2n) is 4.71. The van der Waals surface area contributed by atoms with E-state index in [1.165, 1.54) is 22.7 Å². The minimum Gasteiger partial charge on any atom is -0.310 e. The molecule has 2 aromatic heterocycles. The van der Waals surface area contributed by atoms with E-state index in [2.05, 4.69) is 28.9 Å². The third-order valence-electron chi connectivity index (χ3n) is 2.45. The second-order valence-corrected chi connectivity index (χ2v) is 8.39. The molecule has 0 aromatic carbocycles. The van der Waals surface area contributed by atoms with Crippen LogP contribution in [-0.2, 0) is 16.6 Å². The number of hydrogen-bond donors (Lipinski definition) is 2. The number of thiazole rings is 1. The van der Waals surface area contributed by atoms with Gasteiger partial charge in [0.1, 0.15) is 4.21 Å². The molecule has 0 spiro atoms. The van der Waals surface area contributed by atoms with Crippen molar-refractivity contribution in [2.24, 2.45) is 0 Å². The molecular weight excluding hydrogens is 314 g/mol. The fourth-order valence-electron chi connectivity index (χ4n) is 1.47. The largest absolute Gasteiger partial charge is 0.310 e. The maximum absolute atomic E-state index is 12.2. The number of rotatable bonds is 6. The van der Waals surface area contributed by atoms with Crippen molar-refractivity contribution in [2.75, 3.05) is 4.72 Å². The molecule has 2 aromatic rings. The first kappa shape index (κ1) is 15.4. The topological polar surface area (TPSA) is 71.1 Å². The van der Waals surface area contributed by atoms with Crippen molar-refractivity contribution in [1.29, 1.82) is 0 Å². The van der Waals surface area contributed by atoms with Crippen LogP contribution in [0.1, 0.15) is 25.1 Å². The number of sulfonamides is 1. The van der Waals surface area contributed by atoms with Crippen molar-refractivity contribution in [3.63, 3.8) is 0 Å². The number of anilines is 1. The van der Waals surface area contributed by atoms with Gasteiger partial charge < -0.3 is 5.32 Å². The third-order valence-corrected chi connectivity index (χ3v) is 6.28. The molecule has 0 fully saturated rings. The van der Waals surface area contributed by atoms with Crippen molar-refractivity contribution in [2.45, 2.75) is 37.6 Å². The monoisotopic (exact) mass is 331 g/mol. The Hall–Kier alpha value is -0.960. The van der Waals surface area contributed by atoms with Crippen molar-refractivity contribution < 1.29 is 8.42 Å². The number of hydrogen-bond acceptors (Lipinski definition) is 6. The highest BCUT2D eigenvalue weighted by atomic mass is 32.2. The van der Waals surface area contributed by atoms with Gasteiger partial charge in [0.15, 0.2) is 5.13 Å². The lowest BCUT2D eigenvalue weighted by Crippen LogP contribution is -2.21. The van der Waals surface area contributed by atoms with Gasteiger partial charge in [-0.15, -0.1) is 22.7 Å². The van der Waals surface area contributed by atoms with E-state index in [0.29, 0.717) is 21.9 Å². The van der Waals surface area contributed by atoms with Crippen LogP contribution >= 0.6 is 22.7 Å². The fourth-order valence-corrected chi connectivity index (χ4v) is 4.63. The van der Waals surface area contributed by atoms with Gasteiger partial charge in [0.05, 0.1) is 5.69 Å². The van der Waals surface area contributed by atoms with Gasteiger partial charge in [-0.2, -0.15) is 0 Å². The molecule has 0 aliphatic carbocycles. The molecule has 5 nitrogen and oxygen atoms in total. The molecule has 110 valence electrons. The van der Waals surface area contributed by atoms with Crippen LogP contribution in [0.15, 0.2) is 21.0 Å². The molecule has 0 saturated heterocycles. The number of aromatic nitrogens is 1. The molecule has 0 amide bonds. The van der Waals surface area contributed by atoms with E-state index in [1.54, 1.807) is 6.07 Å². The average molecular weight is 331 g/mol. The predicted molar refractivity (Wildman–Crippen MR) is 84.0 cm³/mol. The molecule has 0 atom stereocenters. The minimum atomic E-state index is -3.53. The van der Waals surface area contributed by atoms with Gasteiger partial charge in [-0.25, -0.2) is 13.4 Å². The Kier molecular flexibility index (Phi) is 4.79. The van der Waals surface area contributed by atoms with E-state index in [-0.39, 0.29) is 0 Å². The van der Waals surface area contributed by atoms with E-state index in [9.17, 15) is 8.42 Å². The summed E-state index contributed by atoms with van der Waals surface area (Å²) in [5, 5.41) is 7.33. The van der Waals surface area contributed by atoms with Gasteiger partial charge in [-0.1, -0.05) is 13.8 Å². The van der Waals surface area contributed by atoms with Gasteiger partial charge in [-0.3, -0.25) is 4.72 Å². The Labute approximate surface area is 127 Å². The summed E-state index contributed by atoms with van der Waals surface area (Å²) in [7, 11) is -3.53. The fraction of sp³-hybridized carbons (Fsp3) is 0.417. The van der Waals surface area contributed by atoms with Crippen LogP contribution < -0.4 is 10.0 Å². The van der Waals surface area contributed by atoms with Crippen molar-refractivity contribution in [1.82, 2.24) is 10.3 Å². The van der Waals surface area contributed by atoms with E-state index in [1.807, 2.05) is 17.7 Å². The Morgan fingerprint density at radius 3 is 2.65 bits per heavy atom. The van der Waals surface area contributed by atoms with Crippen molar-refractivity contribution in [3.05, 3.63) is 28.1 Å². The molecule has 0 aliphatic heterocycles. The number of nitrogens with zero attached hydrogens (tertiary/aromatic N) is 1. The Morgan fingerprint density at radius 2 is 2.05 bits per heavy atom. The van der Waals surface area contributed by atoms with Crippen LogP contribution in [0.25, 0.3) is 0 Å². The lowest BCUT2D eigenvalue weighted by atomic mass is 10.3. The first-order valence-corrected chi connectivity index (χ1v) is 9.37. The van der Waals surface area contributed by atoms with Gasteiger partial charge >= 0.3 is 0 Å².